The van der Waals surface area contributed by atoms with Gasteiger partial charge in [0.1, 0.15) is 24.1 Å². The number of amides is 1. The van der Waals surface area contributed by atoms with Crippen LogP contribution in [0.1, 0.15) is 15.9 Å². The van der Waals surface area contributed by atoms with Crippen molar-refractivity contribution < 1.29 is 41.1 Å². The molecular formula is C29H23F3N4O7S. The predicted octanol–water partition coefficient (Wildman–Crippen LogP) is 3.27. The minimum Gasteiger partial charge on any atom is -0.478 e. The quantitative estimate of drug-likeness (QED) is 0.228. The van der Waals surface area contributed by atoms with Gasteiger partial charge in [0.25, 0.3) is 21.4 Å². The van der Waals surface area contributed by atoms with Crippen LogP contribution in [0.5, 0.6) is 0 Å². The van der Waals surface area contributed by atoms with E-state index in [1.807, 2.05) is 4.72 Å². The number of hydrogen-bond donors (Lipinski definition) is 3. The SMILES string of the molecule is O=C(Cn1c(-c2ccccc2)ncc(NS(=O)(=O)c2ccc(C(=O)O)cc2)c1=O)NC(Cc1ccccc1)C(=O)C(F)(F)F. The lowest BCUT2D eigenvalue weighted by Gasteiger charge is -2.20. The van der Waals surface area contributed by atoms with Crippen molar-refractivity contribution in [3.63, 3.8) is 0 Å². The lowest BCUT2D eigenvalue weighted by Crippen LogP contribution is -2.49. The summed E-state index contributed by atoms with van der Waals surface area (Å²) in [5, 5.41) is 11.1. The molecule has 1 amide bonds. The lowest BCUT2D eigenvalue weighted by molar-refractivity contribution is -0.173. The molecule has 1 aromatic heterocycles. The van der Waals surface area contributed by atoms with E-state index in [0.717, 1.165) is 35.0 Å². The molecule has 228 valence electrons. The molecule has 0 aliphatic carbocycles. The molecule has 3 N–H and O–H groups in total. The molecule has 0 saturated heterocycles. The van der Waals surface area contributed by atoms with Crippen LogP contribution in [-0.2, 0) is 32.6 Å². The van der Waals surface area contributed by atoms with Crippen LogP contribution >= 0.6 is 0 Å². The first-order valence-electron chi connectivity index (χ1n) is 12.7. The minimum atomic E-state index is -5.26. The zero-order valence-electron chi connectivity index (χ0n) is 22.5. The first kappa shape index (κ1) is 31.6. The summed E-state index contributed by atoms with van der Waals surface area (Å²) >= 11 is 0. The minimum absolute atomic E-state index is 0.110. The number of carbonyl (C=O) groups excluding carboxylic acids is 2. The first-order valence-corrected chi connectivity index (χ1v) is 14.2. The molecule has 15 heteroatoms. The third kappa shape index (κ3) is 7.55. The highest BCUT2D eigenvalue weighted by Crippen LogP contribution is 2.21. The number of aromatic nitrogens is 2. The molecule has 0 bridgehead atoms. The van der Waals surface area contributed by atoms with Gasteiger partial charge in [-0.1, -0.05) is 60.7 Å². The van der Waals surface area contributed by atoms with E-state index in [1.165, 1.54) is 24.3 Å². The third-order valence-corrected chi connectivity index (χ3v) is 7.63. The summed E-state index contributed by atoms with van der Waals surface area (Å²) in [5.74, 6) is -4.74. The summed E-state index contributed by atoms with van der Waals surface area (Å²) < 4.78 is 68.9. The number of carboxylic acids is 1. The van der Waals surface area contributed by atoms with E-state index in [-0.39, 0.29) is 16.3 Å². The van der Waals surface area contributed by atoms with Crippen LogP contribution in [-0.4, -0.2) is 53.0 Å². The molecule has 0 spiro atoms. The number of benzene rings is 3. The largest absolute Gasteiger partial charge is 0.478 e. The Bertz CT molecular complexity index is 1850. The number of halogens is 3. The average Bonchev–Trinajstić information content (AvgIpc) is 2.99. The molecule has 11 nitrogen and oxygen atoms in total. The van der Waals surface area contributed by atoms with Crippen molar-refractivity contribution in [1.82, 2.24) is 14.9 Å². The van der Waals surface area contributed by atoms with Crippen molar-refractivity contribution >= 4 is 33.4 Å². The molecule has 44 heavy (non-hydrogen) atoms. The number of carbonyl (C=O) groups is 3. The molecule has 3 aromatic carbocycles. The summed E-state index contributed by atoms with van der Waals surface area (Å²) in [6, 6.07) is 17.7. The highest BCUT2D eigenvalue weighted by atomic mass is 32.2. The van der Waals surface area contributed by atoms with Gasteiger partial charge in [0.2, 0.25) is 5.91 Å². The number of ketones is 1. The van der Waals surface area contributed by atoms with E-state index in [4.69, 9.17) is 5.11 Å². The fourth-order valence-electron chi connectivity index (χ4n) is 4.15. The number of anilines is 1. The topological polar surface area (TPSA) is 165 Å². The van der Waals surface area contributed by atoms with Crippen LogP contribution in [0.25, 0.3) is 11.4 Å². The number of nitrogens with zero attached hydrogens (tertiary/aromatic N) is 2. The van der Waals surface area contributed by atoms with Gasteiger partial charge in [0.05, 0.1) is 16.7 Å². The van der Waals surface area contributed by atoms with E-state index in [0.29, 0.717) is 11.1 Å². The van der Waals surface area contributed by atoms with Gasteiger partial charge in [-0.2, -0.15) is 13.2 Å². The fraction of sp³-hybridized carbons (Fsp3) is 0.138. The average molecular weight is 629 g/mol. The van der Waals surface area contributed by atoms with Gasteiger partial charge in [0, 0.05) is 12.0 Å². The monoisotopic (exact) mass is 628 g/mol. The second-order valence-corrected chi connectivity index (χ2v) is 11.0. The molecule has 0 aliphatic rings. The number of aromatic carboxylic acids is 1. The maximum atomic E-state index is 13.5. The van der Waals surface area contributed by atoms with Gasteiger partial charge in [-0.3, -0.25) is 23.7 Å². The zero-order valence-corrected chi connectivity index (χ0v) is 23.3. The van der Waals surface area contributed by atoms with Crippen LogP contribution < -0.4 is 15.6 Å². The van der Waals surface area contributed by atoms with E-state index < -0.39 is 64.1 Å². The lowest BCUT2D eigenvalue weighted by atomic mass is 10.0. The number of nitrogens with one attached hydrogen (secondary N) is 2. The Morgan fingerprint density at radius 3 is 2.07 bits per heavy atom. The normalized spacial score (nSPS) is 12.2. The Kier molecular flexibility index (Phi) is 9.28. The highest BCUT2D eigenvalue weighted by molar-refractivity contribution is 7.92. The second kappa shape index (κ2) is 12.9. The van der Waals surface area contributed by atoms with Gasteiger partial charge in [-0.05, 0) is 29.8 Å². The van der Waals surface area contributed by atoms with Gasteiger partial charge in [-0.15, -0.1) is 0 Å². The standard InChI is InChI=1S/C29H23F3N4O7S/c30-29(31,32)25(38)22(15-18-7-3-1-4-8-18)34-24(37)17-36-26(19-9-5-2-6-10-19)33-16-23(27(36)39)35-44(42,43)21-13-11-20(12-14-21)28(40)41/h1-14,16,22,35H,15,17H2,(H,34,37)(H,40,41). The molecule has 0 saturated carbocycles. The summed E-state index contributed by atoms with van der Waals surface area (Å²) in [5.41, 5.74) is -1.19. The van der Waals surface area contributed by atoms with Crippen molar-refractivity contribution in [2.75, 3.05) is 4.72 Å². The first-order chi connectivity index (χ1) is 20.8. The molecular weight excluding hydrogens is 605 g/mol. The fourth-order valence-corrected chi connectivity index (χ4v) is 5.19. The van der Waals surface area contributed by atoms with Gasteiger partial charge >= 0.3 is 12.1 Å². The van der Waals surface area contributed by atoms with Crippen molar-refractivity contribution in [1.29, 1.82) is 0 Å². The van der Waals surface area contributed by atoms with Crippen LogP contribution in [0, 0.1) is 0 Å². The maximum absolute atomic E-state index is 13.5. The van der Waals surface area contributed by atoms with Crippen LogP contribution in [0.3, 0.4) is 0 Å². The number of rotatable bonds is 11. The van der Waals surface area contributed by atoms with Gasteiger partial charge < -0.3 is 10.4 Å². The summed E-state index contributed by atoms with van der Waals surface area (Å²) in [7, 11) is -4.45. The summed E-state index contributed by atoms with van der Waals surface area (Å²) in [6.45, 7) is -0.921. The van der Waals surface area contributed by atoms with Crippen LogP contribution in [0.4, 0.5) is 18.9 Å². The molecule has 1 unspecified atom stereocenters. The molecule has 0 radical (unpaired) electrons. The highest BCUT2D eigenvalue weighted by Gasteiger charge is 2.44. The van der Waals surface area contributed by atoms with Gasteiger partial charge in [-0.25, -0.2) is 18.2 Å². The zero-order chi connectivity index (χ0) is 32.1. The Morgan fingerprint density at radius 2 is 1.50 bits per heavy atom. The maximum Gasteiger partial charge on any atom is 0.452 e. The van der Waals surface area contributed by atoms with Gasteiger partial charge in [0.15, 0.2) is 0 Å². The number of carboxylic acid groups (broad SMARTS) is 1. The molecule has 0 aliphatic heterocycles. The van der Waals surface area contributed by atoms with E-state index in [2.05, 4.69) is 10.3 Å². The second-order valence-electron chi connectivity index (χ2n) is 9.36. The Hall–Kier alpha value is -5.31. The number of alkyl halides is 3. The Labute approximate surface area is 248 Å². The molecule has 1 atom stereocenters. The van der Waals surface area contributed by atoms with Crippen LogP contribution in [0.15, 0.2) is 101 Å². The van der Waals surface area contributed by atoms with Crippen molar-refractivity contribution in [3.05, 3.63) is 113 Å². The van der Waals surface area contributed by atoms with Crippen molar-refractivity contribution in [2.24, 2.45) is 0 Å². The molecule has 1 heterocycles. The third-order valence-electron chi connectivity index (χ3n) is 6.25. The molecule has 4 rings (SSSR count). The van der Waals surface area contributed by atoms with Crippen molar-refractivity contribution in [3.8, 4) is 11.4 Å². The number of sulfonamides is 1. The molecule has 0 fully saturated rings. The Morgan fingerprint density at radius 1 is 0.909 bits per heavy atom. The number of Topliss-reactive ketones (excluding diaryl/α,β-unsaturated/α-hetero) is 1. The number of hydrogen-bond acceptors (Lipinski definition) is 7. The van der Waals surface area contributed by atoms with E-state index in [9.17, 15) is 40.8 Å². The van der Waals surface area contributed by atoms with Crippen LogP contribution in [0.2, 0.25) is 0 Å². The smallest absolute Gasteiger partial charge is 0.452 e. The van der Waals surface area contributed by atoms with E-state index in [1.54, 1.807) is 36.4 Å². The summed E-state index contributed by atoms with van der Waals surface area (Å²) in [6.07, 6.45) is -4.83. The summed E-state index contributed by atoms with van der Waals surface area (Å²) in [4.78, 5) is 53.6. The van der Waals surface area contributed by atoms with E-state index >= 15 is 0 Å². The van der Waals surface area contributed by atoms with Crippen molar-refractivity contribution in [2.45, 2.75) is 30.1 Å². The molecule has 4 aromatic rings. The Balaban J connectivity index is 1.68. The predicted molar refractivity (Wildman–Crippen MR) is 151 cm³/mol.